The molecule has 0 unspecified atom stereocenters. The van der Waals surface area contributed by atoms with E-state index in [1.165, 1.54) is 19.1 Å². The molecule has 1 aliphatic heterocycles. The van der Waals surface area contributed by atoms with Crippen molar-refractivity contribution in [3.63, 3.8) is 0 Å². The predicted octanol–water partition coefficient (Wildman–Crippen LogP) is 3.46. The highest BCUT2D eigenvalue weighted by atomic mass is 19.2. The number of hydrogen-bond donors (Lipinski definition) is 1. The van der Waals surface area contributed by atoms with Crippen LogP contribution in [0.15, 0.2) is 59.8 Å². The van der Waals surface area contributed by atoms with Gasteiger partial charge in [-0.25, -0.2) is 13.6 Å². The lowest BCUT2D eigenvalue weighted by Crippen LogP contribution is -2.34. The molecule has 0 radical (unpaired) electrons. The quantitative estimate of drug-likeness (QED) is 0.609. The van der Waals surface area contributed by atoms with Gasteiger partial charge in [0.1, 0.15) is 19.0 Å². The van der Waals surface area contributed by atoms with E-state index < -0.39 is 23.5 Å². The maximum Gasteiger partial charge on any atom is 0.336 e. The van der Waals surface area contributed by atoms with E-state index in [0.717, 1.165) is 6.07 Å². The second-order valence-electron chi connectivity index (χ2n) is 6.28. The summed E-state index contributed by atoms with van der Waals surface area (Å²) in [5.41, 5.74) is 0.310. The molecular weight excluding hydrogens is 368 g/mol. The topological polar surface area (TPSA) is 64.6 Å². The molecule has 0 aromatic heterocycles. The summed E-state index contributed by atoms with van der Waals surface area (Å²) in [7, 11) is 0. The summed E-state index contributed by atoms with van der Waals surface area (Å²) in [5, 5.41) is 2.55. The van der Waals surface area contributed by atoms with Crippen LogP contribution in [0.3, 0.4) is 0 Å². The van der Waals surface area contributed by atoms with Gasteiger partial charge in [0.15, 0.2) is 11.6 Å². The number of nitrogens with one attached hydrogen (secondary N) is 1. The van der Waals surface area contributed by atoms with Crippen molar-refractivity contribution < 1.29 is 27.8 Å². The lowest BCUT2D eigenvalue weighted by molar-refractivity contribution is -0.140. The molecule has 0 fully saturated rings. The third-order valence-electron chi connectivity index (χ3n) is 4.37. The van der Waals surface area contributed by atoms with E-state index in [0.29, 0.717) is 5.75 Å². The Morgan fingerprint density at radius 2 is 1.86 bits per heavy atom. The normalized spacial score (nSPS) is 16.5. The summed E-state index contributed by atoms with van der Waals surface area (Å²) >= 11 is 0. The first kappa shape index (κ1) is 19.5. The average Bonchev–Trinajstić information content (AvgIpc) is 2.67. The summed E-state index contributed by atoms with van der Waals surface area (Å²) in [6.07, 6.45) is -0.178. The smallest absolute Gasteiger partial charge is 0.336 e. The number of carbonyl (C=O) groups excluding carboxylic acids is 2. The number of para-hydroxylation sites is 1. The summed E-state index contributed by atoms with van der Waals surface area (Å²) in [4.78, 5) is 24.5. The van der Waals surface area contributed by atoms with Gasteiger partial charge < -0.3 is 14.8 Å². The van der Waals surface area contributed by atoms with Gasteiger partial charge in [0.2, 0.25) is 5.91 Å². The predicted molar refractivity (Wildman–Crippen MR) is 97.5 cm³/mol. The van der Waals surface area contributed by atoms with Gasteiger partial charge in [0.05, 0.1) is 5.57 Å². The number of allylic oxidation sites excluding steroid dienone is 1. The number of halogens is 2. The minimum absolute atomic E-state index is 0.0309. The zero-order valence-electron chi connectivity index (χ0n) is 15.2. The van der Waals surface area contributed by atoms with Gasteiger partial charge in [-0.3, -0.25) is 4.79 Å². The maximum atomic E-state index is 14.3. The third-order valence-corrected chi connectivity index (χ3v) is 4.37. The first-order valence-corrected chi connectivity index (χ1v) is 8.77. The van der Waals surface area contributed by atoms with E-state index in [1.54, 1.807) is 12.1 Å². The second kappa shape index (κ2) is 8.65. The molecule has 5 nitrogen and oxygen atoms in total. The lowest BCUT2D eigenvalue weighted by Gasteiger charge is -2.27. The monoisotopic (exact) mass is 387 g/mol. The van der Waals surface area contributed by atoms with Crippen LogP contribution >= 0.6 is 0 Å². The van der Waals surface area contributed by atoms with Crippen LogP contribution < -0.4 is 10.1 Å². The molecule has 0 spiro atoms. The largest absolute Gasteiger partial charge is 0.490 e. The lowest BCUT2D eigenvalue weighted by atomic mass is 9.84. The number of esters is 1. The molecule has 1 N–H and O–H groups in total. The highest BCUT2D eigenvalue weighted by Gasteiger charge is 2.34. The Morgan fingerprint density at radius 1 is 1.11 bits per heavy atom. The standard InChI is InChI=1S/C21H19F2NO4/c1-13-19(21(26)28-11-10-27-14-6-3-2-4-7-14)16(12-18(25)24-13)15-8-5-9-17(22)20(15)23/h2-9,16H,10-12H2,1H3,(H,24,25)/t16-/m1/s1. The van der Waals surface area contributed by atoms with Gasteiger partial charge in [-0.2, -0.15) is 0 Å². The van der Waals surface area contributed by atoms with Crippen molar-refractivity contribution in [3.8, 4) is 5.75 Å². The number of benzene rings is 2. The molecule has 3 rings (SSSR count). The van der Waals surface area contributed by atoms with Gasteiger partial charge in [-0.15, -0.1) is 0 Å². The van der Waals surface area contributed by atoms with Gasteiger partial charge >= 0.3 is 5.97 Å². The third kappa shape index (κ3) is 4.36. The molecule has 1 heterocycles. The van der Waals surface area contributed by atoms with Crippen molar-refractivity contribution in [2.45, 2.75) is 19.3 Å². The fourth-order valence-electron chi connectivity index (χ4n) is 3.12. The number of carbonyl (C=O) groups is 2. The summed E-state index contributed by atoms with van der Waals surface area (Å²) in [6, 6.07) is 12.7. The van der Waals surface area contributed by atoms with Crippen molar-refractivity contribution in [2.24, 2.45) is 0 Å². The Bertz CT molecular complexity index is 912. The molecule has 1 amide bonds. The van der Waals surface area contributed by atoms with Gasteiger partial charge in [0, 0.05) is 18.0 Å². The summed E-state index contributed by atoms with van der Waals surface area (Å²) in [5.74, 6) is -3.48. The van der Waals surface area contributed by atoms with Crippen LogP contribution in [0.2, 0.25) is 0 Å². The molecule has 1 aliphatic rings. The molecule has 1 atom stereocenters. The van der Waals surface area contributed by atoms with E-state index in [-0.39, 0.29) is 42.4 Å². The Kier molecular flexibility index (Phi) is 6.03. The van der Waals surface area contributed by atoms with Crippen molar-refractivity contribution in [1.82, 2.24) is 5.32 Å². The molecule has 146 valence electrons. The number of amides is 1. The van der Waals surface area contributed by atoms with Crippen molar-refractivity contribution >= 4 is 11.9 Å². The highest BCUT2D eigenvalue weighted by molar-refractivity contribution is 5.95. The van der Waals surface area contributed by atoms with E-state index in [9.17, 15) is 18.4 Å². The zero-order chi connectivity index (χ0) is 20.1. The van der Waals surface area contributed by atoms with E-state index >= 15 is 0 Å². The minimum Gasteiger partial charge on any atom is -0.490 e. The van der Waals surface area contributed by atoms with Crippen molar-refractivity contribution in [1.29, 1.82) is 0 Å². The van der Waals surface area contributed by atoms with Crippen LogP contribution in [-0.2, 0) is 14.3 Å². The molecule has 0 saturated heterocycles. The van der Waals surface area contributed by atoms with Crippen molar-refractivity contribution in [2.75, 3.05) is 13.2 Å². The molecule has 0 aliphatic carbocycles. The summed E-state index contributed by atoms with van der Waals surface area (Å²) in [6.45, 7) is 1.63. The molecule has 0 saturated carbocycles. The van der Waals surface area contributed by atoms with Crippen LogP contribution in [0.1, 0.15) is 24.8 Å². The molecule has 2 aromatic carbocycles. The zero-order valence-corrected chi connectivity index (χ0v) is 15.2. The van der Waals surface area contributed by atoms with Crippen molar-refractivity contribution in [3.05, 3.63) is 77.0 Å². The Morgan fingerprint density at radius 3 is 2.61 bits per heavy atom. The second-order valence-corrected chi connectivity index (χ2v) is 6.28. The molecule has 7 heteroatoms. The highest BCUT2D eigenvalue weighted by Crippen LogP contribution is 2.35. The van der Waals surface area contributed by atoms with Crippen LogP contribution in [0.5, 0.6) is 5.75 Å². The van der Waals surface area contributed by atoms with Crippen LogP contribution in [-0.4, -0.2) is 25.1 Å². The SMILES string of the molecule is CC1=C(C(=O)OCCOc2ccccc2)[C@@H](c2cccc(F)c2F)CC(=O)N1. The molecule has 0 bridgehead atoms. The Balaban J connectivity index is 1.73. The average molecular weight is 387 g/mol. The first-order valence-electron chi connectivity index (χ1n) is 8.77. The van der Waals surface area contributed by atoms with Crippen LogP contribution in [0.4, 0.5) is 8.78 Å². The molecule has 28 heavy (non-hydrogen) atoms. The van der Waals surface area contributed by atoms with E-state index in [1.807, 2.05) is 18.2 Å². The number of hydrogen-bond acceptors (Lipinski definition) is 4. The maximum absolute atomic E-state index is 14.3. The molecular formula is C21H19F2NO4. The minimum atomic E-state index is -1.08. The molecule has 2 aromatic rings. The van der Waals surface area contributed by atoms with Gasteiger partial charge in [0.25, 0.3) is 0 Å². The fourth-order valence-corrected chi connectivity index (χ4v) is 3.12. The Labute approximate surface area is 161 Å². The van der Waals surface area contributed by atoms with Gasteiger partial charge in [-0.05, 0) is 30.7 Å². The van der Waals surface area contributed by atoms with Crippen LogP contribution in [0.25, 0.3) is 0 Å². The first-order chi connectivity index (χ1) is 13.5. The van der Waals surface area contributed by atoms with Gasteiger partial charge in [-0.1, -0.05) is 30.3 Å². The number of ether oxygens (including phenoxy) is 2. The summed E-state index contributed by atoms with van der Waals surface area (Å²) < 4.78 is 38.6. The fraction of sp³-hybridized carbons (Fsp3) is 0.238. The Hall–Kier alpha value is -3.22. The van der Waals surface area contributed by atoms with Crippen LogP contribution in [0, 0.1) is 11.6 Å². The number of rotatable bonds is 6. The van der Waals surface area contributed by atoms with E-state index in [2.05, 4.69) is 5.32 Å². The van der Waals surface area contributed by atoms with E-state index in [4.69, 9.17) is 9.47 Å².